The largest absolute Gasteiger partial charge is 0.225 e. The summed E-state index contributed by atoms with van der Waals surface area (Å²) >= 11 is 3.49. The highest BCUT2D eigenvalue weighted by Crippen LogP contribution is 2.31. The maximum Gasteiger partial charge on any atom is 0.213 e. The van der Waals surface area contributed by atoms with Crippen LogP contribution in [0.4, 0.5) is 0 Å². The molecule has 0 atom stereocenters. The van der Waals surface area contributed by atoms with Gasteiger partial charge in [0.1, 0.15) is 13.1 Å². The predicted octanol–water partition coefficient (Wildman–Crippen LogP) is 15.5. The average molecular weight is 835 g/mol. The molecule has 0 spiro atoms. The van der Waals surface area contributed by atoms with Crippen molar-refractivity contribution in [1.29, 1.82) is 0 Å². The molecule has 0 radical (unpaired) electrons. The van der Waals surface area contributed by atoms with E-state index >= 15 is 0 Å². The van der Waals surface area contributed by atoms with Crippen LogP contribution < -0.4 is 0 Å². The van der Waals surface area contributed by atoms with Gasteiger partial charge in [0.05, 0.1) is 11.1 Å². The Balaban J connectivity index is 0.00000193. The number of hydrogen-bond acceptors (Lipinski definition) is 2. The number of unbranched alkanes of at least 4 members (excludes halogenated alkanes) is 1. The van der Waals surface area contributed by atoms with Gasteiger partial charge >= 0.3 is 0 Å². The summed E-state index contributed by atoms with van der Waals surface area (Å²) < 4.78 is 5.26. The first-order valence-electron chi connectivity index (χ1n) is 22.4. The first kappa shape index (κ1) is 47.8. The lowest BCUT2D eigenvalue weighted by atomic mass is 9.86. The first-order valence-corrected chi connectivity index (χ1v) is 24.2. The Hall–Kier alpha value is -4.90. The molecule has 0 unspecified atom stereocenters. The molecule has 3 aromatic rings. The van der Waals surface area contributed by atoms with Gasteiger partial charge in [0.2, 0.25) is 17.1 Å². The van der Waals surface area contributed by atoms with Gasteiger partial charge in [-0.3, -0.25) is 0 Å². The van der Waals surface area contributed by atoms with E-state index in [4.69, 9.17) is 0 Å². The second-order valence-electron chi connectivity index (χ2n) is 14.6. The van der Waals surface area contributed by atoms with Gasteiger partial charge in [-0.25, -0.2) is 4.58 Å². The summed E-state index contributed by atoms with van der Waals surface area (Å²) in [5.41, 5.74) is 17.0. The van der Waals surface area contributed by atoms with Crippen LogP contribution in [0.15, 0.2) is 165 Å². The third-order valence-electron chi connectivity index (χ3n) is 10.6. The van der Waals surface area contributed by atoms with E-state index in [1.165, 1.54) is 72.8 Å². The summed E-state index contributed by atoms with van der Waals surface area (Å²) in [5, 5.41) is 8.75. The van der Waals surface area contributed by atoms with E-state index in [2.05, 4.69) is 186 Å². The molecule has 5 heterocycles. The second-order valence-corrected chi connectivity index (χ2v) is 16.2. The van der Waals surface area contributed by atoms with Gasteiger partial charge in [0, 0.05) is 36.6 Å². The molecule has 1 aromatic carbocycles. The zero-order valence-corrected chi connectivity index (χ0v) is 39.5. The minimum Gasteiger partial charge on any atom is -0.225 e. The quantitative estimate of drug-likeness (QED) is 0.0867. The molecule has 0 amide bonds. The van der Waals surface area contributed by atoms with Gasteiger partial charge in [-0.05, 0) is 145 Å². The number of nitrogens with zero attached hydrogens (tertiary/aromatic N) is 2. The molecule has 0 fully saturated rings. The van der Waals surface area contributed by atoms with E-state index < -0.39 is 0 Å². The van der Waals surface area contributed by atoms with Crippen molar-refractivity contribution in [3.8, 4) is 0 Å². The summed E-state index contributed by atoms with van der Waals surface area (Å²) in [4.78, 5) is 0. The standard InChI is InChI=1S/C52H58N2S2.2C2H6/c1-6-15-40(5)17-11-10-12-20-49-51-46(19-14-32-54(49)48(9-4)28-25-43-30-34-56-39-43)26-27-47-18-13-31-53-37-45(24-22-42-29-33-55-38-42)35-44(36-50(53)52(47)51)23-21-41(8-3)16-7-2;2*1-2/h6-9,12,15-16,20-30,33-36,38-39H,5,10-11,13-14,17-19,31-32,37H2,1-4H3;2*1-2H3/q+2;;/b15-6-,16-7-,20-12+,23-21+,24-22+,28-25+,41-8+,48-9-;;. The van der Waals surface area contributed by atoms with E-state index in [1.54, 1.807) is 22.7 Å². The topological polar surface area (TPSA) is 6.02 Å². The van der Waals surface area contributed by atoms with Crippen molar-refractivity contribution in [1.82, 2.24) is 0 Å². The van der Waals surface area contributed by atoms with Gasteiger partial charge in [0.25, 0.3) is 0 Å². The van der Waals surface area contributed by atoms with Gasteiger partial charge in [-0.2, -0.15) is 27.2 Å². The minimum absolute atomic E-state index is 0.868. The molecular weight excluding hydrogens is 765 g/mol. The van der Waals surface area contributed by atoms with Crippen molar-refractivity contribution >= 4 is 46.2 Å². The molecule has 0 bridgehead atoms. The third kappa shape index (κ3) is 13.6. The lowest BCUT2D eigenvalue weighted by molar-refractivity contribution is -0.517. The van der Waals surface area contributed by atoms with Crippen LogP contribution >= 0.6 is 22.7 Å². The Bertz CT molecular complexity index is 2230. The van der Waals surface area contributed by atoms with E-state index in [1.807, 2.05) is 27.7 Å². The maximum atomic E-state index is 4.27. The molecule has 2 nitrogen and oxygen atoms in total. The molecule has 0 N–H and O–H groups in total. The monoisotopic (exact) mass is 834 g/mol. The van der Waals surface area contributed by atoms with Crippen LogP contribution in [-0.4, -0.2) is 40.2 Å². The number of benzene rings is 1. The van der Waals surface area contributed by atoms with Crippen molar-refractivity contribution < 1.29 is 9.15 Å². The summed E-state index contributed by atoms with van der Waals surface area (Å²) in [6.45, 7) is 23.6. The molecule has 4 heteroatoms. The van der Waals surface area contributed by atoms with Crippen molar-refractivity contribution in [3.05, 3.63) is 199 Å². The normalized spacial score (nSPS) is 16.3. The van der Waals surface area contributed by atoms with Crippen LogP contribution in [0, 0.1) is 0 Å². The van der Waals surface area contributed by atoms with Crippen LogP contribution in [0.2, 0.25) is 0 Å². The van der Waals surface area contributed by atoms with E-state index in [0.29, 0.717) is 0 Å². The highest BCUT2D eigenvalue weighted by molar-refractivity contribution is 7.08. The molecule has 0 saturated carbocycles. The van der Waals surface area contributed by atoms with Crippen LogP contribution in [0.5, 0.6) is 0 Å². The minimum atomic E-state index is 0.868. The molecule has 0 saturated heterocycles. The van der Waals surface area contributed by atoms with Crippen molar-refractivity contribution in [2.45, 2.75) is 100 Å². The zero-order chi connectivity index (χ0) is 43.1. The number of thiophene rings is 2. The number of allylic oxidation sites excluding steroid dienone is 16. The van der Waals surface area contributed by atoms with Crippen molar-refractivity contribution in [2.75, 3.05) is 19.6 Å². The molecule has 314 valence electrons. The molecule has 3 aliphatic rings. The fraction of sp³-hybridized carbons (Fsp3) is 0.321. The average Bonchev–Trinajstić information content (AvgIpc) is 3.90. The summed E-state index contributed by atoms with van der Waals surface area (Å²) in [7, 11) is 0. The lowest BCUT2D eigenvalue weighted by Crippen LogP contribution is -2.26. The SMILES string of the molecule is C=C(/C=C\C)CCC/C=C/C1=[N+](C(=C\C)/C=C/c2ccsc2)CCCc2ccc3c(c21)C1=[N+](CCC3)CC(/C=C/c2ccsc2)=CC(/C=C/C(/C=C\C)=C/C)=C1.CC.CC. The summed E-state index contributed by atoms with van der Waals surface area (Å²) in [6.07, 6.45) is 43.9. The van der Waals surface area contributed by atoms with E-state index in [-0.39, 0.29) is 0 Å². The van der Waals surface area contributed by atoms with Crippen LogP contribution in [0.3, 0.4) is 0 Å². The Morgan fingerprint density at radius 1 is 0.700 bits per heavy atom. The van der Waals surface area contributed by atoms with Gasteiger partial charge in [-0.15, -0.1) is 0 Å². The molecule has 3 aliphatic heterocycles. The zero-order valence-electron chi connectivity index (χ0n) is 37.8. The first-order chi connectivity index (χ1) is 29.5. The maximum absolute atomic E-state index is 4.27. The molecule has 6 rings (SSSR count). The molecule has 0 aliphatic carbocycles. The van der Waals surface area contributed by atoms with Crippen LogP contribution in [0.1, 0.15) is 121 Å². The summed E-state index contributed by atoms with van der Waals surface area (Å²) in [5.74, 6) is 0. The van der Waals surface area contributed by atoms with E-state index in [9.17, 15) is 0 Å². The van der Waals surface area contributed by atoms with Crippen LogP contribution in [0.25, 0.3) is 12.2 Å². The van der Waals surface area contributed by atoms with Gasteiger partial charge < -0.3 is 0 Å². The second kappa shape index (κ2) is 26.3. The fourth-order valence-electron chi connectivity index (χ4n) is 7.82. The molecular formula is C56H70N2S2+2. The molecule has 60 heavy (non-hydrogen) atoms. The lowest BCUT2D eigenvalue weighted by Gasteiger charge is -2.15. The predicted molar refractivity (Wildman–Crippen MR) is 270 cm³/mol. The Morgan fingerprint density at radius 2 is 1.38 bits per heavy atom. The Labute approximate surface area is 372 Å². The number of aryl methyl sites for hydroxylation is 2. The van der Waals surface area contributed by atoms with E-state index in [0.717, 1.165) is 64.6 Å². The number of hydrogen-bond donors (Lipinski definition) is 0. The third-order valence-corrected chi connectivity index (χ3v) is 12.0. The smallest absolute Gasteiger partial charge is 0.213 e. The molecule has 2 aromatic heterocycles. The Morgan fingerprint density at radius 3 is 2.03 bits per heavy atom. The highest BCUT2D eigenvalue weighted by atomic mass is 32.1. The fourth-order valence-corrected chi connectivity index (χ4v) is 9.08. The highest BCUT2D eigenvalue weighted by Gasteiger charge is 2.34. The Kier molecular flexibility index (Phi) is 21.0. The van der Waals surface area contributed by atoms with Gasteiger partial charge in [0.15, 0.2) is 6.54 Å². The van der Waals surface area contributed by atoms with Crippen molar-refractivity contribution in [3.63, 3.8) is 0 Å². The summed E-state index contributed by atoms with van der Waals surface area (Å²) in [6, 6.07) is 9.29. The van der Waals surface area contributed by atoms with Crippen LogP contribution in [-0.2, 0) is 12.8 Å². The van der Waals surface area contributed by atoms with Crippen molar-refractivity contribution in [2.24, 2.45) is 0 Å². The number of rotatable bonds is 14. The number of fused-ring (bicyclic) bond motifs is 4. The van der Waals surface area contributed by atoms with Gasteiger partial charge in [-0.1, -0.05) is 113 Å².